The molecular weight excluding hydrogens is 293 g/mol. The number of halogens is 2. The standard InChI is InChI=1S/C5H5.C4H4N.C2H7Si.2ClH.Ti/c2*1-2-4-5-3-1;1-3-2;;;/h1-3H,4H2;1-3,5H;3H,1-2H3;2*1H;/q2*-1;;;;+4/p-2. The third kappa shape index (κ3) is 23.8. The first-order valence-corrected chi connectivity index (χ1v) is 6.68. The number of hydrogen-bond donors (Lipinski definition) is 1. The van der Waals surface area contributed by atoms with Crippen molar-refractivity contribution >= 4 is 9.52 Å². The van der Waals surface area contributed by atoms with Crippen molar-refractivity contribution in [2.75, 3.05) is 0 Å². The third-order valence-electron chi connectivity index (χ3n) is 1.03. The van der Waals surface area contributed by atoms with E-state index in [-0.39, 0.29) is 46.5 Å². The minimum absolute atomic E-state index is 0. The molecule has 16 heavy (non-hydrogen) atoms. The summed E-state index contributed by atoms with van der Waals surface area (Å²) in [4.78, 5) is 2.74. The minimum atomic E-state index is 0. The molecular formula is C11H16Cl2NSiTi. The summed E-state index contributed by atoms with van der Waals surface area (Å²) in [5.74, 6) is 0. The molecule has 0 saturated heterocycles. The Morgan fingerprint density at radius 1 is 1.25 bits per heavy atom. The van der Waals surface area contributed by atoms with Gasteiger partial charge in [0, 0.05) is 9.52 Å². The smallest absolute Gasteiger partial charge is 1.00 e. The van der Waals surface area contributed by atoms with E-state index in [1.807, 2.05) is 30.5 Å². The molecule has 1 aliphatic carbocycles. The molecule has 0 fully saturated rings. The first-order chi connectivity index (χ1) is 6.41. The van der Waals surface area contributed by atoms with E-state index < -0.39 is 0 Å². The Bertz CT molecular complexity index is 199. The van der Waals surface area contributed by atoms with E-state index in [0.717, 1.165) is 15.9 Å². The quantitative estimate of drug-likeness (QED) is 0.381. The molecule has 0 saturated carbocycles. The van der Waals surface area contributed by atoms with E-state index in [2.05, 4.69) is 36.4 Å². The number of H-pyrrole nitrogens is 1. The van der Waals surface area contributed by atoms with E-state index >= 15 is 0 Å². The van der Waals surface area contributed by atoms with E-state index in [1.54, 1.807) is 0 Å². The van der Waals surface area contributed by atoms with Gasteiger partial charge >= 0.3 is 21.7 Å². The van der Waals surface area contributed by atoms with E-state index in [1.165, 1.54) is 0 Å². The molecule has 1 aromatic rings. The molecule has 1 aromatic heterocycles. The average molecular weight is 309 g/mol. The molecule has 0 unspecified atom stereocenters. The second-order valence-corrected chi connectivity index (χ2v) is 3.55. The topological polar surface area (TPSA) is 15.8 Å². The summed E-state index contributed by atoms with van der Waals surface area (Å²) in [5.41, 5.74) is 0. The molecule has 0 spiro atoms. The van der Waals surface area contributed by atoms with Gasteiger partial charge < -0.3 is 29.8 Å². The van der Waals surface area contributed by atoms with Crippen LogP contribution in [0.1, 0.15) is 6.42 Å². The number of rotatable bonds is 0. The van der Waals surface area contributed by atoms with Gasteiger partial charge in [0.1, 0.15) is 0 Å². The summed E-state index contributed by atoms with van der Waals surface area (Å²) in [5, 5.41) is 0. The normalized spacial score (nSPS) is 9.12. The Balaban J connectivity index is -0.0000000638. The SMILES string of the molecule is C[SiH]C.[C-]1=CC=CC1.[Cl-].[Cl-].[Ti+4].[c-]1ccc[nH]1. The number of aromatic amines is 1. The Morgan fingerprint density at radius 2 is 1.88 bits per heavy atom. The molecule has 1 radical (unpaired) electrons. The van der Waals surface area contributed by atoms with Crippen molar-refractivity contribution in [3.8, 4) is 0 Å². The molecule has 0 atom stereocenters. The predicted octanol–water partition coefficient (Wildman–Crippen LogP) is -3.35. The fourth-order valence-corrected chi connectivity index (χ4v) is 0.581. The predicted molar refractivity (Wildman–Crippen MR) is 60.1 cm³/mol. The molecule has 1 aliphatic rings. The van der Waals surface area contributed by atoms with Gasteiger partial charge in [-0.2, -0.15) is 24.4 Å². The van der Waals surface area contributed by atoms with Crippen LogP contribution in [0, 0.1) is 12.3 Å². The van der Waals surface area contributed by atoms with Crippen LogP contribution in [0.5, 0.6) is 0 Å². The van der Waals surface area contributed by atoms with Crippen LogP contribution in [0.2, 0.25) is 13.1 Å². The van der Waals surface area contributed by atoms with Gasteiger partial charge in [0.25, 0.3) is 0 Å². The van der Waals surface area contributed by atoms with Crippen LogP contribution < -0.4 is 24.8 Å². The summed E-state index contributed by atoms with van der Waals surface area (Å²) in [6, 6.07) is 3.71. The van der Waals surface area contributed by atoms with Crippen molar-refractivity contribution < 1.29 is 46.5 Å². The first kappa shape index (κ1) is 25.2. The van der Waals surface area contributed by atoms with Crippen LogP contribution in [0.4, 0.5) is 0 Å². The monoisotopic (exact) mass is 308 g/mol. The Labute approximate surface area is 129 Å². The zero-order valence-corrected chi connectivity index (χ0v) is 13.7. The maximum atomic E-state index is 2.99. The van der Waals surface area contributed by atoms with Gasteiger partial charge in [0.05, 0.1) is 0 Å². The van der Waals surface area contributed by atoms with Gasteiger partial charge in [-0.1, -0.05) is 13.1 Å². The Kier molecular flexibility index (Phi) is 38.6. The zero-order valence-electron chi connectivity index (χ0n) is 9.50. The van der Waals surface area contributed by atoms with Crippen LogP contribution in [0.3, 0.4) is 0 Å². The van der Waals surface area contributed by atoms with Gasteiger partial charge in [-0.25, -0.2) is 12.2 Å². The fraction of sp³-hybridized carbons (Fsp3) is 0.273. The van der Waals surface area contributed by atoms with Gasteiger partial charge in [-0.05, 0) is 0 Å². The molecule has 2 rings (SSSR count). The van der Waals surface area contributed by atoms with Crippen LogP contribution in [-0.4, -0.2) is 14.5 Å². The fourth-order valence-electron chi connectivity index (χ4n) is 0.581. The van der Waals surface area contributed by atoms with E-state index in [9.17, 15) is 0 Å². The van der Waals surface area contributed by atoms with E-state index in [4.69, 9.17) is 0 Å². The second kappa shape index (κ2) is 24.5. The maximum Gasteiger partial charge on any atom is 4.00 e. The third-order valence-corrected chi connectivity index (χ3v) is 1.03. The van der Waals surface area contributed by atoms with Gasteiger partial charge in [-0.15, -0.1) is 12.6 Å². The number of nitrogens with one attached hydrogen (secondary N) is 1. The van der Waals surface area contributed by atoms with Crippen molar-refractivity contribution in [1.82, 2.24) is 4.98 Å². The number of allylic oxidation sites excluding steroid dienone is 4. The summed E-state index contributed by atoms with van der Waals surface area (Å²) < 4.78 is 0. The Hall–Kier alpha value is 0.271. The largest absolute Gasteiger partial charge is 4.00 e. The van der Waals surface area contributed by atoms with Crippen molar-refractivity contribution in [2.45, 2.75) is 19.5 Å². The summed E-state index contributed by atoms with van der Waals surface area (Å²) in [6.45, 7) is 4.42. The molecule has 1 nitrogen and oxygen atoms in total. The zero-order chi connectivity index (χ0) is 9.78. The number of aromatic nitrogens is 1. The van der Waals surface area contributed by atoms with Crippen molar-refractivity contribution in [2.24, 2.45) is 0 Å². The summed E-state index contributed by atoms with van der Waals surface area (Å²) in [6.07, 6.45) is 14.6. The van der Waals surface area contributed by atoms with E-state index in [0.29, 0.717) is 0 Å². The Morgan fingerprint density at radius 3 is 2.00 bits per heavy atom. The average Bonchev–Trinajstić information content (AvgIpc) is 2.85. The molecule has 5 heteroatoms. The number of hydrogen-bond acceptors (Lipinski definition) is 0. The molecule has 0 aromatic carbocycles. The van der Waals surface area contributed by atoms with Crippen LogP contribution in [0.25, 0.3) is 0 Å². The van der Waals surface area contributed by atoms with Crippen molar-refractivity contribution in [1.29, 1.82) is 0 Å². The molecule has 0 amide bonds. The first-order valence-electron chi connectivity index (χ1n) is 4.37. The minimum Gasteiger partial charge on any atom is -1.00 e. The maximum absolute atomic E-state index is 2.99. The summed E-state index contributed by atoms with van der Waals surface area (Å²) in [7, 11) is 0.750. The van der Waals surface area contributed by atoms with Crippen LogP contribution in [-0.2, 0) is 21.7 Å². The van der Waals surface area contributed by atoms with Crippen LogP contribution in [0.15, 0.2) is 36.6 Å². The van der Waals surface area contributed by atoms with Gasteiger partial charge in [-0.3, -0.25) is 6.08 Å². The summed E-state index contributed by atoms with van der Waals surface area (Å²) >= 11 is 0. The molecule has 1 N–H and O–H groups in total. The van der Waals surface area contributed by atoms with Crippen molar-refractivity contribution in [3.63, 3.8) is 0 Å². The molecule has 0 bridgehead atoms. The molecule has 87 valence electrons. The second-order valence-electron chi connectivity index (χ2n) is 2.39. The van der Waals surface area contributed by atoms with Gasteiger partial charge in [0.2, 0.25) is 0 Å². The van der Waals surface area contributed by atoms with Crippen LogP contribution >= 0.6 is 0 Å². The van der Waals surface area contributed by atoms with Crippen molar-refractivity contribution in [3.05, 3.63) is 48.8 Å². The molecule has 0 aliphatic heterocycles. The molecule has 1 heterocycles. The van der Waals surface area contributed by atoms with Gasteiger partial charge in [0.15, 0.2) is 0 Å².